The van der Waals surface area contributed by atoms with Crippen LogP contribution in [0.1, 0.15) is 26.7 Å². The lowest BCUT2D eigenvalue weighted by Gasteiger charge is -2.28. The quantitative estimate of drug-likeness (QED) is 0.541. The van der Waals surface area contributed by atoms with Gasteiger partial charge in [-0.3, -0.25) is 9.59 Å². The summed E-state index contributed by atoms with van der Waals surface area (Å²) in [7, 11) is 0. The molecular formula is C12H18O5. The number of ether oxygens (including phenoxy) is 3. The van der Waals surface area contributed by atoms with Gasteiger partial charge in [0.2, 0.25) is 0 Å². The third-order valence-electron chi connectivity index (χ3n) is 3.43. The number of esters is 2. The number of rotatable bonds is 4. The number of epoxide rings is 1. The molecule has 0 aromatic rings. The van der Waals surface area contributed by atoms with E-state index < -0.39 is 0 Å². The van der Waals surface area contributed by atoms with Crippen molar-refractivity contribution in [3.63, 3.8) is 0 Å². The summed E-state index contributed by atoms with van der Waals surface area (Å²) in [5.41, 5.74) is 0. The van der Waals surface area contributed by atoms with E-state index in [1.165, 1.54) is 13.8 Å². The van der Waals surface area contributed by atoms with Crippen molar-refractivity contribution in [2.75, 3.05) is 13.2 Å². The van der Waals surface area contributed by atoms with Gasteiger partial charge < -0.3 is 14.2 Å². The molecule has 0 N–H and O–H groups in total. The van der Waals surface area contributed by atoms with Crippen LogP contribution >= 0.6 is 0 Å². The van der Waals surface area contributed by atoms with Gasteiger partial charge >= 0.3 is 11.9 Å². The lowest BCUT2D eigenvalue weighted by molar-refractivity contribution is -0.147. The van der Waals surface area contributed by atoms with E-state index in [-0.39, 0.29) is 23.8 Å². The van der Waals surface area contributed by atoms with Crippen molar-refractivity contribution in [2.24, 2.45) is 11.8 Å². The van der Waals surface area contributed by atoms with Gasteiger partial charge in [-0.2, -0.15) is 0 Å². The molecule has 2 aliphatic rings. The standard InChI is InChI=1S/C12H18O5/c1-7(13)15-5-9-3-11-12(17-11)4-10(9)6-16-8(2)14/h9-12H,3-6H2,1-2H3/t9-,10+,11+,12-. The molecule has 0 unspecified atom stereocenters. The number of carbonyl (C=O) groups excluding carboxylic acids is 2. The normalized spacial score (nSPS) is 34.7. The molecule has 1 heterocycles. The largest absolute Gasteiger partial charge is 0.466 e. The van der Waals surface area contributed by atoms with Gasteiger partial charge in [-0.05, 0) is 12.8 Å². The molecule has 0 aromatic carbocycles. The minimum Gasteiger partial charge on any atom is -0.466 e. The van der Waals surface area contributed by atoms with Crippen LogP contribution in [0.5, 0.6) is 0 Å². The van der Waals surface area contributed by atoms with Crippen LogP contribution in [0.4, 0.5) is 0 Å². The highest BCUT2D eigenvalue weighted by atomic mass is 16.6. The number of carbonyl (C=O) groups is 2. The second kappa shape index (κ2) is 5.04. The fraction of sp³-hybridized carbons (Fsp3) is 0.833. The van der Waals surface area contributed by atoms with E-state index >= 15 is 0 Å². The van der Waals surface area contributed by atoms with Gasteiger partial charge in [-0.1, -0.05) is 0 Å². The predicted molar refractivity (Wildman–Crippen MR) is 58.1 cm³/mol. The first-order valence-corrected chi connectivity index (χ1v) is 5.98. The average molecular weight is 242 g/mol. The Morgan fingerprint density at radius 3 is 1.76 bits per heavy atom. The summed E-state index contributed by atoms with van der Waals surface area (Å²) in [5.74, 6) is -0.0610. The molecule has 0 aromatic heterocycles. The average Bonchev–Trinajstić information content (AvgIpc) is 3.00. The van der Waals surface area contributed by atoms with Gasteiger partial charge in [0.15, 0.2) is 0 Å². The second-order valence-electron chi connectivity index (χ2n) is 4.81. The maximum absolute atomic E-state index is 10.8. The molecule has 0 spiro atoms. The summed E-state index contributed by atoms with van der Waals surface area (Å²) >= 11 is 0. The zero-order chi connectivity index (χ0) is 12.4. The molecule has 1 saturated carbocycles. The molecule has 1 saturated heterocycles. The first-order valence-electron chi connectivity index (χ1n) is 5.98. The molecule has 2 rings (SSSR count). The van der Waals surface area contributed by atoms with Crippen molar-refractivity contribution in [3.8, 4) is 0 Å². The fourth-order valence-corrected chi connectivity index (χ4v) is 2.43. The van der Waals surface area contributed by atoms with Crippen LogP contribution in [-0.4, -0.2) is 37.4 Å². The van der Waals surface area contributed by atoms with Gasteiger partial charge in [0.1, 0.15) is 0 Å². The Hall–Kier alpha value is -1.10. The Morgan fingerprint density at radius 2 is 1.41 bits per heavy atom. The minimum absolute atomic E-state index is 0.238. The Balaban J connectivity index is 1.84. The topological polar surface area (TPSA) is 65.1 Å². The van der Waals surface area contributed by atoms with Crippen molar-refractivity contribution in [1.82, 2.24) is 0 Å². The minimum atomic E-state index is -0.268. The summed E-state index contributed by atoms with van der Waals surface area (Å²) in [5, 5.41) is 0. The van der Waals surface area contributed by atoms with Crippen molar-refractivity contribution >= 4 is 11.9 Å². The maximum Gasteiger partial charge on any atom is 0.302 e. The molecule has 5 heteroatoms. The molecular weight excluding hydrogens is 224 g/mol. The van der Waals surface area contributed by atoms with Crippen LogP contribution in [0.25, 0.3) is 0 Å². The summed E-state index contributed by atoms with van der Waals surface area (Å²) in [6.45, 7) is 3.60. The Kier molecular flexibility index (Phi) is 3.66. The van der Waals surface area contributed by atoms with E-state index in [9.17, 15) is 9.59 Å². The third-order valence-corrected chi connectivity index (χ3v) is 3.43. The molecule has 17 heavy (non-hydrogen) atoms. The molecule has 5 nitrogen and oxygen atoms in total. The van der Waals surface area contributed by atoms with Crippen LogP contribution in [0, 0.1) is 11.8 Å². The fourth-order valence-electron chi connectivity index (χ4n) is 2.43. The van der Waals surface area contributed by atoms with Gasteiger partial charge in [0.05, 0.1) is 25.4 Å². The number of fused-ring (bicyclic) bond motifs is 1. The molecule has 4 atom stereocenters. The van der Waals surface area contributed by atoms with Gasteiger partial charge in [0, 0.05) is 25.7 Å². The molecule has 0 radical (unpaired) electrons. The Labute approximate surface area is 100 Å². The van der Waals surface area contributed by atoms with Crippen LogP contribution in [-0.2, 0) is 23.8 Å². The second-order valence-corrected chi connectivity index (χ2v) is 4.81. The highest BCUT2D eigenvalue weighted by molar-refractivity contribution is 5.66. The summed E-state index contributed by atoms with van der Waals surface area (Å²) in [6.07, 6.45) is 2.43. The predicted octanol–water partition coefficient (Wildman–Crippen LogP) is 0.906. The number of hydrogen-bond donors (Lipinski definition) is 0. The summed E-state index contributed by atoms with van der Waals surface area (Å²) < 4.78 is 15.6. The molecule has 1 aliphatic heterocycles. The maximum atomic E-state index is 10.8. The lowest BCUT2D eigenvalue weighted by atomic mass is 9.80. The van der Waals surface area contributed by atoms with Crippen LogP contribution in [0.2, 0.25) is 0 Å². The Bertz CT molecular complexity index is 284. The van der Waals surface area contributed by atoms with E-state index in [0.29, 0.717) is 25.4 Å². The van der Waals surface area contributed by atoms with Gasteiger partial charge in [0.25, 0.3) is 0 Å². The smallest absolute Gasteiger partial charge is 0.302 e. The van der Waals surface area contributed by atoms with Gasteiger partial charge in [-0.25, -0.2) is 0 Å². The van der Waals surface area contributed by atoms with E-state index in [4.69, 9.17) is 14.2 Å². The third kappa shape index (κ3) is 3.43. The molecule has 0 bridgehead atoms. The van der Waals surface area contributed by atoms with E-state index in [1.807, 2.05) is 0 Å². The summed E-state index contributed by atoms with van der Waals surface area (Å²) in [6, 6.07) is 0. The van der Waals surface area contributed by atoms with E-state index in [1.54, 1.807) is 0 Å². The molecule has 0 amide bonds. The molecule has 1 aliphatic carbocycles. The first-order chi connectivity index (χ1) is 8.06. The molecule has 96 valence electrons. The lowest BCUT2D eigenvalue weighted by Crippen LogP contribution is -2.32. The van der Waals surface area contributed by atoms with Crippen LogP contribution < -0.4 is 0 Å². The van der Waals surface area contributed by atoms with E-state index in [0.717, 1.165) is 12.8 Å². The van der Waals surface area contributed by atoms with Crippen molar-refractivity contribution in [1.29, 1.82) is 0 Å². The van der Waals surface area contributed by atoms with Crippen LogP contribution in [0.3, 0.4) is 0 Å². The molecule has 2 fully saturated rings. The first kappa shape index (κ1) is 12.4. The van der Waals surface area contributed by atoms with Crippen molar-refractivity contribution in [2.45, 2.75) is 38.9 Å². The number of hydrogen-bond acceptors (Lipinski definition) is 5. The Morgan fingerprint density at radius 1 is 1.00 bits per heavy atom. The highest BCUT2D eigenvalue weighted by Gasteiger charge is 2.48. The van der Waals surface area contributed by atoms with Crippen LogP contribution in [0.15, 0.2) is 0 Å². The van der Waals surface area contributed by atoms with Gasteiger partial charge in [-0.15, -0.1) is 0 Å². The van der Waals surface area contributed by atoms with Crippen molar-refractivity contribution < 1.29 is 23.8 Å². The summed E-state index contributed by atoms with van der Waals surface area (Å²) in [4.78, 5) is 21.6. The SMILES string of the molecule is CC(=O)OC[C@@H]1C[C@H]2O[C@H]2C[C@@H]1COC(C)=O. The zero-order valence-corrected chi connectivity index (χ0v) is 10.2. The van der Waals surface area contributed by atoms with Crippen molar-refractivity contribution in [3.05, 3.63) is 0 Å². The van der Waals surface area contributed by atoms with E-state index in [2.05, 4.69) is 0 Å². The highest BCUT2D eigenvalue weighted by Crippen LogP contribution is 2.43. The monoisotopic (exact) mass is 242 g/mol. The zero-order valence-electron chi connectivity index (χ0n) is 10.2.